The number of hydrogen-bond acceptors (Lipinski definition) is 2. The molecule has 0 bridgehead atoms. The molecule has 0 aliphatic heterocycles. The van der Waals surface area contributed by atoms with Gasteiger partial charge in [-0.2, -0.15) is 0 Å². The van der Waals surface area contributed by atoms with E-state index >= 15 is 0 Å². The van der Waals surface area contributed by atoms with Gasteiger partial charge in [0, 0.05) is 12.1 Å². The van der Waals surface area contributed by atoms with Crippen LogP contribution in [0.1, 0.15) is 155 Å². The highest BCUT2D eigenvalue weighted by Gasteiger charge is 2.19. The first-order chi connectivity index (χ1) is 16.1. The predicted molar refractivity (Wildman–Crippen MR) is 144 cm³/mol. The zero-order valence-electron chi connectivity index (χ0n) is 22.3. The van der Waals surface area contributed by atoms with Crippen molar-refractivity contribution < 1.29 is 10.2 Å². The van der Waals surface area contributed by atoms with Gasteiger partial charge in [0.15, 0.2) is 11.8 Å². The standard InChI is InChI=1S/C30H55NO2/c1-4-6-8-10-12-14-15-16-18-20-22-24-28(31-29(32)25-26-30(31)33)27(3)23-21-19-17-13-11-9-7-5-2/h23,25-26,28,32-33H,4-22,24H2,1-3H3. The highest BCUT2D eigenvalue weighted by molar-refractivity contribution is 5.28. The largest absolute Gasteiger partial charge is 0.494 e. The maximum atomic E-state index is 10.3. The molecule has 0 aliphatic carbocycles. The number of aromatic hydroxyl groups is 2. The number of unbranched alkanes of at least 4 members (excludes halogenated alkanes) is 17. The Hall–Kier alpha value is -1.38. The van der Waals surface area contributed by atoms with Crippen LogP contribution in [0.15, 0.2) is 23.8 Å². The van der Waals surface area contributed by atoms with Gasteiger partial charge in [0.05, 0.1) is 6.04 Å². The van der Waals surface area contributed by atoms with E-state index in [-0.39, 0.29) is 17.8 Å². The lowest BCUT2D eigenvalue weighted by Crippen LogP contribution is -2.10. The summed E-state index contributed by atoms with van der Waals surface area (Å²) in [6.07, 6.45) is 28.4. The molecule has 0 aliphatic rings. The first kappa shape index (κ1) is 29.7. The number of aromatic nitrogens is 1. The molecule has 0 fully saturated rings. The van der Waals surface area contributed by atoms with E-state index in [0.717, 1.165) is 19.3 Å². The Labute approximate surface area is 205 Å². The predicted octanol–water partition coefficient (Wildman–Crippen LogP) is 10.2. The third kappa shape index (κ3) is 13.8. The van der Waals surface area contributed by atoms with E-state index in [9.17, 15) is 10.2 Å². The average Bonchev–Trinajstić information content (AvgIpc) is 3.14. The van der Waals surface area contributed by atoms with Crippen molar-refractivity contribution in [1.82, 2.24) is 4.57 Å². The van der Waals surface area contributed by atoms with Crippen molar-refractivity contribution in [1.29, 1.82) is 0 Å². The molecule has 0 radical (unpaired) electrons. The van der Waals surface area contributed by atoms with E-state index in [0.29, 0.717) is 0 Å². The molecule has 3 nitrogen and oxygen atoms in total. The highest BCUT2D eigenvalue weighted by atomic mass is 16.3. The molecule has 0 spiro atoms. The van der Waals surface area contributed by atoms with Gasteiger partial charge in [-0.1, -0.05) is 135 Å². The molecule has 0 amide bonds. The Balaban J connectivity index is 2.36. The number of nitrogens with zero attached hydrogens (tertiary/aromatic N) is 1. The zero-order valence-corrected chi connectivity index (χ0v) is 22.3. The van der Waals surface area contributed by atoms with Gasteiger partial charge in [0.25, 0.3) is 0 Å². The fraction of sp³-hybridized carbons (Fsp3) is 0.800. The van der Waals surface area contributed by atoms with Crippen molar-refractivity contribution in [3.8, 4) is 11.8 Å². The van der Waals surface area contributed by atoms with Crippen LogP contribution < -0.4 is 0 Å². The summed E-state index contributed by atoms with van der Waals surface area (Å²) in [5.74, 6) is 0.341. The number of rotatable bonds is 22. The molecule has 192 valence electrons. The molecule has 0 aromatic carbocycles. The third-order valence-electron chi connectivity index (χ3n) is 7.07. The van der Waals surface area contributed by atoms with Gasteiger partial charge in [0.1, 0.15) is 0 Å². The molecule has 2 N–H and O–H groups in total. The third-order valence-corrected chi connectivity index (χ3v) is 7.07. The van der Waals surface area contributed by atoms with E-state index in [4.69, 9.17) is 0 Å². The number of hydrogen-bond donors (Lipinski definition) is 2. The molecular weight excluding hydrogens is 406 g/mol. The monoisotopic (exact) mass is 461 g/mol. The summed E-state index contributed by atoms with van der Waals surface area (Å²) in [5.41, 5.74) is 1.27. The lowest BCUT2D eigenvalue weighted by atomic mass is 9.98. The van der Waals surface area contributed by atoms with Gasteiger partial charge in [-0.3, -0.25) is 4.57 Å². The summed E-state index contributed by atoms with van der Waals surface area (Å²) in [6, 6.07) is 3.27. The van der Waals surface area contributed by atoms with Crippen LogP contribution in [0.4, 0.5) is 0 Å². The van der Waals surface area contributed by atoms with Crippen molar-refractivity contribution in [3.63, 3.8) is 0 Å². The van der Waals surface area contributed by atoms with Crippen molar-refractivity contribution in [2.75, 3.05) is 0 Å². The molecular formula is C30H55NO2. The van der Waals surface area contributed by atoms with Gasteiger partial charge >= 0.3 is 0 Å². The highest BCUT2D eigenvalue weighted by Crippen LogP contribution is 2.34. The molecule has 1 heterocycles. The normalized spacial score (nSPS) is 13.0. The van der Waals surface area contributed by atoms with Crippen molar-refractivity contribution >= 4 is 0 Å². The van der Waals surface area contributed by atoms with Crippen molar-refractivity contribution in [2.24, 2.45) is 0 Å². The summed E-state index contributed by atoms with van der Waals surface area (Å²) in [5, 5.41) is 20.6. The van der Waals surface area contributed by atoms with E-state index < -0.39 is 0 Å². The summed E-state index contributed by atoms with van der Waals surface area (Å²) >= 11 is 0. The Bertz CT molecular complexity index is 585. The van der Waals surface area contributed by atoms with Gasteiger partial charge < -0.3 is 10.2 Å². The maximum Gasteiger partial charge on any atom is 0.194 e. The van der Waals surface area contributed by atoms with Gasteiger partial charge in [-0.15, -0.1) is 0 Å². The lowest BCUT2D eigenvalue weighted by molar-refractivity contribution is 0.336. The Kier molecular flexibility index (Phi) is 18.0. The van der Waals surface area contributed by atoms with Crippen LogP contribution in [0.2, 0.25) is 0 Å². The topological polar surface area (TPSA) is 45.4 Å². The first-order valence-electron chi connectivity index (χ1n) is 14.4. The minimum absolute atomic E-state index is 0.0584. The zero-order chi connectivity index (χ0) is 24.2. The van der Waals surface area contributed by atoms with Crippen LogP contribution in [0, 0.1) is 0 Å². The van der Waals surface area contributed by atoms with Crippen LogP contribution >= 0.6 is 0 Å². The van der Waals surface area contributed by atoms with Crippen molar-refractivity contribution in [2.45, 2.75) is 155 Å². The SMILES string of the molecule is CCCCCCCCCC=C(C)C(CCCCCCCCCCCCC)n1c(O)ccc1O. The van der Waals surface area contributed by atoms with Crippen LogP contribution in [0.25, 0.3) is 0 Å². The molecule has 1 rings (SSSR count). The molecule has 3 heteroatoms. The molecule has 0 saturated heterocycles. The van der Waals surface area contributed by atoms with E-state index in [1.54, 1.807) is 16.7 Å². The van der Waals surface area contributed by atoms with Crippen LogP contribution in [0.5, 0.6) is 11.8 Å². The fourth-order valence-corrected chi connectivity index (χ4v) is 4.88. The minimum atomic E-state index is 0.0584. The maximum absolute atomic E-state index is 10.3. The molecule has 33 heavy (non-hydrogen) atoms. The smallest absolute Gasteiger partial charge is 0.194 e. The van der Waals surface area contributed by atoms with E-state index in [2.05, 4.69) is 26.8 Å². The lowest BCUT2D eigenvalue weighted by Gasteiger charge is -2.22. The Morgan fingerprint density at radius 3 is 1.52 bits per heavy atom. The molecule has 1 atom stereocenters. The second-order valence-electron chi connectivity index (χ2n) is 10.1. The van der Waals surface area contributed by atoms with Crippen LogP contribution in [0.3, 0.4) is 0 Å². The summed E-state index contributed by atoms with van der Waals surface area (Å²) in [6.45, 7) is 6.71. The average molecular weight is 462 g/mol. The molecule has 0 saturated carbocycles. The van der Waals surface area contributed by atoms with Crippen LogP contribution in [-0.4, -0.2) is 14.8 Å². The molecule has 1 unspecified atom stereocenters. The molecule has 1 aromatic heterocycles. The van der Waals surface area contributed by atoms with Gasteiger partial charge in [-0.25, -0.2) is 0 Å². The summed E-state index contributed by atoms with van der Waals surface area (Å²) < 4.78 is 1.72. The number of allylic oxidation sites excluding steroid dienone is 2. The fourth-order valence-electron chi connectivity index (χ4n) is 4.88. The minimum Gasteiger partial charge on any atom is -0.494 e. The summed E-state index contributed by atoms with van der Waals surface area (Å²) in [4.78, 5) is 0. The van der Waals surface area contributed by atoms with Crippen molar-refractivity contribution in [3.05, 3.63) is 23.8 Å². The Morgan fingerprint density at radius 1 is 0.667 bits per heavy atom. The van der Waals surface area contributed by atoms with E-state index in [1.807, 2.05) is 0 Å². The quantitative estimate of drug-likeness (QED) is 0.133. The second-order valence-corrected chi connectivity index (χ2v) is 10.1. The van der Waals surface area contributed by atoms with Crippen LogP contribution in [-0.2, 0) is 0 Å². The molecule has 1 aromatic rings. The first-order valence-corrected chi connectivity index (χ1v) is 14.4. The van der Waals surface area contributed by atoms with E-state index in [1.165, 1.54) is 115 Å². The van der Waals surface area contributed by atoms with Gasteiger partial charge in [0.2, 0.25) is 0 Å². The second kappa shape index (κ2) is 20.0. The Morgan fingerprint density at radius 2 is 1.06 bits per heavy atom. The van der Waals surface area contributed by atoms with Gasteiger partial charge in [-0.05, 0) is 26.2 Å². The summed E-state index contributed by atoms with van der Waals surface area (Å²) in [7, 11) is 0.